The molecule has 37 heavy (non-hydrogen) atoms. The fourth-order valence-electron chi connectivity index (χ4n) is 5.34. The summed E-state index contributed by atoms with van der Waals surface area (Å²) < 4.78 is 5.14. The summed E-state index contributed by atoms with van der Waals surface area (Å²) in [6.45, 7) is 5.30. The zero-order valence-electron chi connectivity index (χ0n) is 21.0. The van der Waals surface area contributed by atoms with Gasteiger partial charge in [-0.2, -0.15) is 5.26 Å². The summed E-state index contributed by atoms with van der Waals surface area (Å²) >= 11 is 0. The summed E-state index contributed by atoms with van der Waals surface area (Å²) in [6.07, 6.45) is 5.56. The van der Waals surface area contributed by atoms with Crippen LogP contribution in [0, 0.1) is 25.2 Å². The summed E-state index contributed by atoms with van der Waals surface area (Å²) in [6, 6.07) is 15.9. The molecular formula is C29H29N5O3. The molecule has 2 amide bonds. The van der Waals surface area contributed by atoms with Crippen LogP contribution in [0.1, 0.15) is 58.5 Å². The quantitative estimate of drug-likeness (QED) is 0.527. The largest absolute Gasteiger partial charge is 0.361 e. The monoisotopic (exact) mass is 495 g/mol. The number of nitrogens with one attached hydrogen (secondary N) is 2. The van der Waals surface area contributed by atoms with Crippen molar-refractivity contribution in [2.24, 2.45) is 0 Å². The van der Waals surface area contributed by atoms with Crippen molar-refractivity contribution >= 4 is 23.2 Å². The number of aryl methyl sites for hydroxylation is 2. The minimum absolute atomic E-state index is 0.0295. The summed E-state index contributed by atoms with van der Waals surface area (Å²) in [5.74, 6) is 0.604. The highest BCUT2D eigenvalue weighted by atomic mass is 16.5. The van der Waals surface area contributed by atoms with E-state index in [-0.39, 0.29) is 30.2 Å². The first-order valence-electron chi connectivity index (χ1n) is 12.5. The molecule has 3 heterocycles. The molecule has 0 saturated carbocycles. The SMILES string of the molecule is Cc1noc(C)c1CC(=O)Nc1ccc(C2CCN(C3C=CC(=O)Nc4ccccc43)CC2)c(C#N)c1. The number of para-hydroxylation sites is 1. The molecule has 0 spiro atoms. The van der Waals surface area contributed by atoms with E-state index in [0.29, 0.717) is 22.7 Å². The van der Waals surface area contributed by atoms with Gasteiger partial charge < -0.3 is 15.2 Å². The lowest BCUT2D eigenvalue weighted by Gasteiger charge is -2.37. The van der Waals surface area contributed by atoms with Crippen LogP contribution < -0.4 is 10.6 Å². The number of anilines is 2. The normalized spacial score (nSPS) is 18.0. The number of piperidine rings is 1. The van der Waals surface area contributed by atoms with Crippen LogP contribution in [-0.2, 0) is 16.0 Å². The van der Waals surface area contributed by atoms with E-state index >= 15 is 0 Å². The lowest BCUT2D eigenvalue weighted by molar-refractivity contribution is -0.115. The molecule has 1 saturated heterocycles. The molecule has 8 heteroatoms. The van der Waals surface area contributed by atoms with Crippen LogP contribution in [0.15, 0.2) is 59.1 Å². The van der Waals surface area contributed by atoms with Gasteiger partial charge in [-0.15, -0.1) is 0 Å². The average molecular weight is 496 g/mol. The Morgan fingerprint density at radius 3 is 2.70 bits per heavy atom. The first-order valence-corrected chi connectivity index (χ1v) is 12.5. The van der Waals surface area contributed by atoms with Crippen LogP contribution in [0.4, 0.5) is 11.4 Å². The Balaban J connectivity index is 1.26. The molecule has 2 aliphatic heterocycles. The number of aromatic nitrogens is 1. The van der Waals surface area contributed by atoms with Crippen LogP contribution in [0.3, 0.4) is 0 Å². The average Bonchev–Trinajstić information content (AvgIpc) is 3.11. The smallest absolute Gasteiger partial charge is 0.248 e. The molecule has 2 N–H and O–H groups in total. The number of rotatable bonds is 5. The van der Waals surface area contributed by atoms with E-state index in [9.17, 15) is 14.9 Å². The molecule has 5 rings (SSSR count). The van der Waals surface area contributed by atoms with Crippen LogP contribution in [0.5, 0.6) is 0 Å². The Kier molecular flexibility index (Phi) is 6.89. The van der Waals surface area contributed by atoms with E-state index in [1.165, 1.54) is 0 Å². The van der Waals surface area contributed by atoms with Gasteiger partial charge in [0.05, 0.1) is 29.8 Å². The highest BCUT2D eigenvalue weighted by molar-refractivity contribution is 6.00. The second-order valence-corrected chi connectivity index (χ2v) is 9.63. The molecule has 0 bridgehead atoms. The third kappa shape index (κ3) is 5.18. The molecule has 2 aliphatic rings. The molecule has 0 radical (unpaired) electrons. The third-order valence-corrected chi connectivity index (χ3v) is 7.31. The molecule has 1 unspecified atom stereocenters. The molecule has 0 aliphatic carbocycles. The van der Waals surface area contributed by atoms with Crippen LogP contribution in [0.25, 0.3) is 0 Å². The van der Waals surface area contributed by atoms with Gasteiger partial charge in [0.25, 0.3) is 0 Å². The zero-order valence-corrected chi connectivity index (χ0v) is 21.0. The molecular weight excluding hydrogens is 466 g/mol. The maximum Gasteiger partial charge on any atom is 0.248 e. The van der Waals surface area contributed by atoms with Gasteiger partial charge in [0.1, 0.15) is 5.76 Å². The Hall–Kier alpha value is -4.22. The Morgan fingerprint density at radius 2 is 1.97 bits per heavy atom. The van der Waals surface area contributed by atoms with Crippen molar-refractivity contribution in [3.63, 3.8) is 0 Å². The van der Waals surface area contributed by atoms with Gasteiger partial charge in [0.2, 0.25) is 11.8 Å². The van der Waals surface area contributed by atoms with Crippen molar-refractivity contribution in [1.29, 1.82) is 5.26 Å². The maximum atomic E-state index is 12.6. The number of nitrogens with zero attached hydrogens (tertiary/aromatic N) is 3. The maximum absolute atomic E-state index is 12.6. The van der Waals surface area contributed by atoms with E-state index in [1.54, 1.807) is 19.1 Å². The number of fused-ring (bicyclic) bond motifs is 1. The number of likely N-dealkylation sites (tertiary alicyclic amines) is 1. The summed E-state index contributed by atoms with van der Waals surface area (Å²) in [5, 5.41) is 19.6. The summed E-state index contributed by atoms with van der Waals surface area (Å²) in [7, 11) is 0. The van der Waals surface area contributed by atoms with E-state index < -0.39 is 0 Å². The zero-order chi connectivity index (χ0) is 25.9. The van der Waals surface area contributed by atoms with Crippen LogP contribution in [0.2, 0.25) is 0 Å². The molecule has 1 fully saturated rings. The van der Waals surface area contributed by atoms with Gasteiger partial charge in [-0.25, -0.2) is 0 Å². The van der Waals surface area contributed by atoms with Gasteiger partial charge in [0, 0.05) is 23.0 Å². The van der Waals surface area contributed by atoms with Crippen molar-refractivity contribution in [3.8, 4) is 6.07 Å². The first-order chi connectivity index (χ1) is 17.9. The van der Waals surface area contributed by atoms with Crippen molar-refractivity contribution in [3.05, 3.63) is 88.3 Å². The molecule has 3 aromatic rings. The minimum Gasteiger partial charge on any atom is -0.361 e. The highest BCUT2D eigenvalue weighted by Gasteiger charge is 2.29. The minimum atomic E-state index is -0.177. The summed E-state index contributed by atoms with van der Waals surface area (Å²) in [5.41, 5.74) is 5.64. The van der Waals surface area contributed by atoms with E-state index in [1.807, 2.05) is 43.3 Å². The van der Waals surface area contributed by atoms with Gasteiger partial charge in [-0.05, 0) is 75.0 Å². The number of carbonyl (C=O) groups excluding carboxylic acids is 2. The lowest BCUT2D eigenvalue weighted by atomic mass is 9.85. The highest BCUT2D eigenvalue weighted by Crippen LogP contribution is 2.37. The van der Waals surface area contributed by atoms with Gasteiger partial charge in [-0.1, -0.05) is 35.5 Å². The lowest BCUT2D eigenvalue weighted by Crippen LogP contribution is -2.35. The van der Waals surface area contributed by atoms with Crippen molar-refractivity contribution < 1.29 is 14.1 Å². The fourth-order valence-corrected chi connectivity index (χ4v) is 5.34. The van der Waals surface area contributed by atoms with E-state index in [4.69, 9.17) is 4.52 Å². The third-order valence-electron chi connectivity index (χ3n) is 7.31. The molecule has 2 aromatic carbocycles. The molecule has 188 valence electrons. The van der Waals surface area contributed by atoms with Crippen molar-refractivity contribution in [2.45, 2.75) is 45.1 Å². The number of hydrogen-bond acceptors (Lipinski definition) is 6. The van der Waals surface area contributed by atoms with Crippen molar-refractivity contribution in [1.82, 2.24) is 10.1 Å². The number of nitriles is 1. The number of hydrogen-bond donors (Lipinski definition) is 2. The van der Waals surface area contributed by atoms with Crippen LogP contribution in [-0.4, -0.2) is 35.0 Å². The topological polar surface area (TPSA) is 111 Å². The first kappa shape index (κ1) is 24.5. The molecule has 1 atom stereocenters. The standard InChI is InChI=1S/C29H29N5O3/c1-18-25(19(2)37-33-18)16-29(36)31-22-7-8-23(21(15-22)17-30)20-11-13-34(14-12-20)27-9-10-28(35)32-26-6-4-3-5-24(26)27/h3-10,15,20,27H,11-14,16H2,1-2H3,(H,31,36)(H,32,35). The van der Waals surface area contributed by atoms with Gasteiger partial charge >= 0.3 is 0 Å². The van der Waals surface area contributed by atoms with E-state index in [0.717, 1.165) is 48.3 Å². The second-order valence-electron chi connectivity index (χ2n) is 9.63. The van der Waals surface area contributed by atoms with Crippen LogP contribution >= 0.6 is 0 Å². The predicted octanol–water partition coefficient (Wildman–Crippen LogP) is 4.77. The molecule has 1 aromatic heterocycles. The van der Waals surface area contributed by atoms with E-state index in [2.05, 4.69) is 32.8 Å². The fraction of sp³-hybridized carbons (Fsp3) is 0.310. The predicted molar refractivity (Wildman–Crippen MR) is 140 cm³/mol. The number of benzene rings is 2. The Bertz CT molecular complexity index is 1390. The number of carbonyl (C=O) groups is 2. The number of amides is 2. The second kappa shape index (κ2) is 10.4. The Labute approximate surface area is 215 Å². The van der Waals surface area contributed by atoms with Gasteiger partial charge in [0.15, 0.2) is 0 Å². The Morgan fingerprint density at radius 1 is 1.19 bits per heavy atom. The van der Waals surface area contributed by atoms with Gasteiger partial charge in [-0.3, -0.25) is 14.5 Å². The van der Waals surface area contributed by atoms with Crippen molar-refractivity contribution in [2.75, 3.05) is 23.7 Å². The molecule has 8 nitrogen and oxygen atoms in total. The summed E-state index contributed by atoms with van der Waals surface area (Å²) in [4.78, 5) is 27.1.